The molecule has 0 saturated carbocycles. The van der Waals surface area contributed by atoms with Gasteiger partial charge in [-0.3, -0.25) is 0 Å². The van der Waals surface area contributed by atoms with Gasteiger partial charge in [-0.05, 0) is 6.92 Å². The van der Waals surface area contributed by atoms with Gasteiger partial charge in [-0.1, -0.05) is 21.6 Å². The van der Waals surface area contributed by atoms with Gasteiger partial charge >= 0.3 is 6.09 Å². The monoisotopic (exact) mass is 179 g/mol. The van der Waals surface area contributed by atoms with Gasteiger partial charge in [0.05, 0.1) is 5.54 Å². The molecule has 58 valence electrons. The molecule has 0 bridgehead atoms. The van der Waals surface area contributed by atoms with Crippen LogP contribution in [0.15, 0.2) is 0 Å². The molecular weight excluding hydrogens is 170 g/mol. The van der Waals surface area contributed by atoms with Gasteiger partial charge in [-0.25, -0.2) is 4.79 Å². The summed E-state index contributed by atoms with van der Waals surface area (Å²) in [5.41, 5.74) is -0.207. The molecule has 5 heteroatoms. The maximum absolute atomic E-state index is 10.2. The third kappa shape index (κ3) is 1.98. The predicted molar refractivity (Wildman–Crippen MR) is 44.5 cm³/mol. The Labute approximate surface area is 67.3 Å². The molecule has 10 heavy (non-hydrogen) atoms. The van der Waals surface area contributed by atoms with Gasteiger partial charge in [-0.15, -0.1) is 0 Å². The topological polar surface area (TPSA) is 49.3 Å². The Hall–Kier alpha value is -0.0300. The summed E-state index contributed by atoms with van der Waals surface area (Å²) in [5.74, 6) is 1.73. The van der Waals surface area contributed by atoms with Crippen molar-refractivity contribution in [3.05, 3.63) is 0 Å². The van der Waals surface area contributed by atoms with E-state index in [2.05, 4.69) is 5.32 Å². The Morgan fingerprint density at radius 3 is 2.50 bits per heavy atom. The second-order valence-electron chi connectivity index (χ2n) is 2.52. The second kappa shape index (κ2) is 2.92. The largest absolute Gasteiger partial charge is 0.465 e. The van der Waals surface area contributed by atoms with E-state index < -0.39 is 6.09 Å². The minimum absolute atomic E-state index is 0.207. The van der Waals surface area contributed by atoms with Crippen LogP contribution in [-0.2, 0) is 0 Å². The Morgan fingerprint density at radius 2 is 2.10 bits per heavy atom. The standard InChI is InChI=1S/C5H9NO2S2/c1-5(6-4(7)8)2-9-10-3-5/h6H,2-3H2,1H3,(H,7,8). The Bertz CT molecular complexity index is 145. The van der Waals surface area contributed by atoms with Crippen molar-refractivity contribution in [2.45, 2.75) is 12.5 Å². The van der Waals surface area contributed by atoms with Crippen molar-refractivity contribution in [3.8, 4) is 0 Å². The summed E-state index contributed by atoms with van der Waals surface area (Å²) in [6, 6.07) is 0. The summed E-state index contributed by atoms with van der Waals surface area (Å²) >= 11 is 0. The van der Waals surface area contributed by atoms with E-state index >= 15 is 0 Å². The molecule has 2 N–H and O–H groups in total. The molecule has 1 heterocycles. The van der Waals surface area contributed by atoms with Gasteiger partial charge in [0.1, 0.15) is 0 Å². The van der Waals surface area contributed by atoms with Crippen molar-refractivity contribution in [3.63, 3.8) is 0 Å². The number of carbonyl (C=O) groups is 1. The molecule has 3 nitrogen and oxygen atoms in total. The maximum Gasteiger partial charge on any atom is 0.405 e. The summed E-state index contributed by atoms with van der Waals surface area (Å²) in [6.45, 7) is 1.92. The fourth-order valence-electron chi connectivity index (χ4n) is 0.715. The molecule has 0 aromatic carbocycles. The molecule has 0 aromatic heterocycles. The zero-order chi connectivity index (χ0) is 7.61. The van der Waals surface area contributed by atoms with Crippen LogP contribution in [0.3, 0.4) is 0 Å². The normalized spacial score (nSPS) is 22.5. The number of nitrogens with one attached hydrogen (secondary N) is 1. The summed E-state index contributed by atoms with van der Waals surface area (Å²) in [5, 5.41) is 10.9. The summed E-state index contributed by atoms with van der Waals surface area (Å²) in [4.78, 5) is 10.2. The quantitative estimate of drug-likeness (QED) is 0.597. The van der Waals surface area contributed by atoms with Gasteiger partial charge in [0, 0.05) is 11.5 Å². The van der Waals surface area contributed by atoms with Crippen LogP contribution < -0.4 is 5.32 Å². The van der Waals surface area contributed by atoms with Gasteiger partial charge in [0.2, 0.25) is 0 Å². The summed E-state index contributed by atoms with van der Waals surface area (Å²) in [7, 11) is 3.43. The highest BCUT2D eigenvalue weighted by Crippen LogP contribution is 2.36. The molecule has 1 aliphatic heterocycles. The smallest absolute Gasteiger partial charge is 0.405 e. The van der Waals surface area contributed by atoms with E-state index in [-0.39, 0.29) is 5.54 Å². The first-order valence-corrected chi connectivity index (χ1v) is 5.37. The first-order chi connectivity index (χ1) is 4.62. The third-order valence-electron chi connectivity index (χ3n) is 1.25. The lowest BCUT2D eigenvalue weighted by atomic mass is 10.1. The number of rotatable bonds is 1. The van der Waals surface area contributed by atoms with Crippen LogP contribution in [0.2, 0.25) is 0 Å². The number of amides is 1. The highest BCUT2D eigenvalue weighted by Gasteiger charge is 2.31. The minimum atomic E-state index is -0.925. The molecule has 1 aliphatic rings. The first kappa shape index (κ1) is 8.07. The van der Waals surface area contributed by atoms with Crippen molar-refractivity contribution in [2.75, 3.05) is 11.5 Å². The zero-order valence-electron chi connectivity index (χ0n) is 5.59. The average Bonchev–Trinajstić information content (AvgIpc) is 2.12. The SMILES string of the molecule is CC1(NC(=O)O)CSSC1. The van der Waals surface area contributed by atoms with Gasteiger partial charge in [0.25, 0.3) is 0 Å². The molecule has 0 aromatic rings. The lowest BCUT2D eigenvalue weighted by molar-refractivity contribution is 0.185. The van der Waals surface area contributed by atoms with E-state index in [1.54, 1.807) is 21.6 Å². The van der Waals surface area contributed by atoms with E-state index in [0.717, 1.165) is 11.5 Å². The number of hydrogen-bond donors (Lipinski definition) is 2. The number of hydrogen-bond acceptors (Lipinski definition) is 3. The summed E-state index contributed by atoms with van der Waals surface area (Å²) < 4.78 is 0. The van der Waals surface area contributed by atoms with Crippen LogP contribution in [0.4, 0.5) is 4.79 Å². The van der Waals surface area contributed by atoms with Gasteiger partial charge in [-0.2, -0.15) is 0 Å². The molecule has 0 unspecified atom stereocenters. The van der Waals surface area contributed by atoms with E-state index in [9.17, 15) is 4.79 Å². The molecule has 0 spiro atoms. The molecular formula is C5H9NO2S2. The lowest BCUT2D eigenvalue weighted by Gasteiger charge is -2.20. The minimum Gasteiger partial charge on any atom is -0.465 e. The van der Waals surface area contributed by atoms with Crippen molar-refractivity contribution >= 4 is 27.7 Å². The fourth-order valence-corrected chi connectivity index (χ4v) is 3.94. The van der Waals surface area contributed by atoms with Crippen molar-refractivity contribution < 1.29 is 9.90 Å². The fraction of sp³-hybridized carbons (Fsp3) is 0.800. The van der Waals surface area contributed by atoms with E-state index in [1.165, 1.54) is 0 Å². The Kier molecular flexibility index (Phi) is 2.36. The maximum atomic E-state index is 10.2. The van der Waals surface area contributed by atoms with Crippen LogP contribution in [0, 0.1) is 0 Å². The van der Waals surface area contributed by atoms with Crippen LogP contribution >= 0.6 is 21.6 Å². The van der Waals surface area contributed by atoms with E-state index in [4.69, 9.17) is 5.11 Å². The summed E-state index contributed by atoms with van der Waals surface area (Å²) in [6.07, 6.45) is -0.925. The second-order valence-corrected chi connectivity index (χ2v) is 4.98. The van der Waals surface area contributed by atoms with Crippen LogP contribution in [-0.4, -0.2) is 28.2 Å². The number of carboxylic acid groups (broad SMARTS) is 1. The van der Waals surface area contributed by atoms with Gasteiger partial charge < -0.3 is 10.4 Å². The Morgan fingerprint density at radius 1 is 1.60 bits per heavy atom. The van der Waals surface area contributed by atoms with Crippen LogP contribution in [0.25, 0.3) is 0 Å². The van der Waals surface area contributed by atoms with Crippen LogP contribution in [0.1, 0.15) is 6.92 Å². The molecule has 1 fully saturated rings. The molecule has 0 aliphatic carbocycles. The van der Waals surface area contributed by atoms with Crippen LogP contribution in [0.5, 0.6) is 0 Å². The van der Waals surface area contributed by atoms with Crippen molar-refractivity contribution in [2.24, 2.45) is 0 Å². The predicted octanol–water partition coefficient (Wildman–Crippen LogP) is 1.41. The molecule has 0 radical (unpaired) electrons. The molecule has 1 rings (SSSR count). The highest BCUT2D eigenvalue weighted by atomic mass is 33.1. The molecule has 1 amide bonds. The highest BCUT2D eigenvalue weighted by molar-refractivity contribution is 8.77. The zero-order valence-corrected chi connectivity index (χ0v) is 7.22. The van der Waals surface area contributed by atoms with Crippen molar-refractivity contribution in [1.82, 2.24) is 5.32 Å². The van der Waals surface area contributed by atoms with E-state index in [1.807, 2.05) is 6.92 Å². The molecule has 1 saturated heterocycles. The van der Waals surface area contributed by atoms with Gasteiger partial charge in [0.15, 0.2) is 0 Å². The Balaban J connectivity index is 2.43. The third-order valence-corrected chi connectivity index (χ3v) is 4.13. The average molecular weight is 179 g/mol. The molecule has 0 atom stereocenters. The van der Waals surface area contributed by atoms with Crippen molar-refractivity contribution in [1.29, 1.82) is 0 Å². The lowest BCUT2D eigenvalue weighted by Crippen LogP contribution is -2.47. The first-order valence-electron chi connectivity index (χ1n) is 2.88. The van der Waals surface area contributed by atoms with E-state index in [0.29, 0.717) is 0 Å².